The molecule has 184 valence electrons. The third-order valence-corrected chi connectivity index (χ3v) is 3.58. The van der Waals surface area contributed by atoms with E-state index in [2.05, 4.69) is 9.98 Å². The molecule has 10 nitrogen and oxygen atoms in total. The third kappa shape index (κ3) is 12.9. The van der Waals surface area contributed by atoms with Crippen LogP contribution in [0.3, 0.4) is 0 Å². The summed E-state index contributed by atoms with van der Waals surface area (Å²) in [5, 5.41) is 53.2. The molecule has 0 aliphatic heterocycles. The van der Waals surface area contributed by atoms with Crippen LogP contribution in [-0.2, 0) is 30.0 Å². The van der Waals surface area contributed by atoms with Crippen molar-refractivity contribution < 1.29 is 85.5 Å². The number of carbonyl (C=O) groups is 2. The minimum absolute atomic E-state index is 0. The summed E-state index contributed by atoms with van der Waals surface area (Å²) in [6.07, 6.45) is 2.45. The molecule has 0 heterocycles. The van der Waals surface area contributed by atoms with Crippen molar-refractivity contribution in [1.29, 1.82) is 0 Å². The fraction of sp³-hybridized carbons (Fsp3) is 0.200. The van der Waals surface area contributed by atoms with Gasteiger partial charge in [0.2, 0.25) is 0 Å². The van der Waals surface area contributed by atoms with Gasteiger partial charge in [-0.25, -0.2) is 9.59 Å². The Hall–Kier alpha value is -2.52. The minimum Gasteiger partial charge on any atom is -1.00 e. The number of aliphatic hydroxyl groups is 2. The number of benzene rings is 2. The zero-order valence-electron chi connectivity index (χ0n) is 16.8. The summed E-state index contributed by atoms with van der Waals surface area (Å²) in [5.74, 6) is -2.38. The molecule has 0 saturated carbocycles. The fourth-order valence-electron chi connectivity index (χ4n) is 1.91. The molecule has 33 heavy (non-hydrogen) atoms. The Bertz CT molecular complexity index is 842. The molecule has 0 spiro atoms. The standard InChI is InChI=1S/2C10H11NO4.2ClH.Pd/c2*12-6-8(10(14)15)11-5-7-3-1-2-4-9(7)13;;;/h2*1-5,8,12-13H,6H2,(H,14,15);2*1H;/q;;;;+2/p-2. The van der Waals surface area contributed by atoms with Gasteiger partial charge >= 0.3 is 32.4 Å². The molecular weight excluding hydrogens is 574 g/mol. The van der Waals surface area contributed by atoms with Crippen molar-refractivity contribution in [2.45, 2.75) is 12.1 Å². The largest absolute Gasteiger partial charge is 2.00 e. The summed E-state index contributed by atoms with van der Waals surface area (Å²) >= 11 is 0. The number of para-hydroxylation sites is 2. The summed E-state index contributed by atoms with van der Waals surface area (Å²) in [4.78, 5) is 28.3. The van der Waals surface area contributed by atoms with Crippen molar-refractivity contribution >= 4 is 24.4 Å². The molecule has 2 aromatic carbocycles. The Morgan fingerprint density at radius 3 is 1.27 bits per heavy atom. The van der Waals surface area contributed by atoms with Crippen LogP contribution in [0.25, 0.3) is 0 Å². The van der Waals surface area contributed by atoms with Gasteiger partial charge in [-0.15, -0.1) is 0 Å². The predicted molar refractivity (Wildman–Crippen MR) is 108 cm³/mol. The van der Waals surface area contributed by atoms with E-state index < -0.39 is 37.2 Å². The van der Waals surface area contributed by atoms with E-state index in [1.165, 1.54) is 24.6 Å². The van der Waals surface area contributed by atoms with Crippen LogP contribution < -0.4 is 24.8 Å². The Morgan fingerprint density at radius 2 is 1.03 bits per heavy atom. The molecule has 0 radical (unpaired) electrons. The van der Waals surface area contributed by atoms with Crippen molar-refractivity contribution in [1.82, 2.24) is 0 Å². The third-order valence-electron chi connectivity index (χ3n) is 3.58. The number of nitrogens with zero attached hydrogens (tertiary/aromatic N) is 2. The van der Waals surface area contributed by atoms with Gasteiger partial charge in [-0.3, -0.25) is 9.98 Å². The topological polar surface area (TPSA) is 180 Å². The van der Waals surface area contributed by atoms with Crippen LogP contribution in [0.2, 0.25) is 0 Å². The first kappa shape index (κ1) is 35.1. The summed E-state index contributed by atoms with van der Waals surface area (Å²) in [7, 11) is 0. The number of carboxylic acid groups (broad SMARTS) is 2. The number of aliphatic hydroxyl groups excluding tert-OH is 2. The number of hydrogen-bond donors (Lipinski definition) is 6. The SMILES string of the molecule is O=C(O)C(CO)N=Cc1ccccc1O.O=C(O)C(CO)N=Cc1ccccc1O.[Cl-].[Cl-].[Pd+2]. The number of carboxylic acids is 2. The van der Waals surface area contributed by atoms with Gasteiger partial charge in [-0.05, 0) is 24.3 Å². The maximum absolute atomic E-state index is 10.5. The van der Waals surface area contributed by atoms with Crippen molar-refractivity contribution in [3.05, 3.63) is 59.7 Å². The van der Waals surface area contributed by atoms with Crippen molar-refractivity contribution in [3.8, 4) is 11.5 Å². The molecule has 2 unspecified atom stereocenters. The summed E-state index contributed by atoms with van der Waals surface area (Å²) < 4.78 is 0. The van der Waals surface area contributed by atoms with Crippen LogP contribution >= 0.6 is 0 Å². The van der Waals surface area contributed by atoms with Gasteiger partial charge in [0.1, 0.15) is 11.5 Å². The van der Waals surface area contributed by atoms with Gasteiger partial charge in [0.05, 0.1) is 13.2 Å². The number of rotatable bonds is 8. The second kappa shape index (κ2) is 19.0. The van der Waals surface area contributed by atoms with Crippen molar-refractivity contribution in [3.63, 3.8) is 0 Å². The molecule has 2 atom stereocenters. The first-order valence-corrected chi connectivity index (χ1v) is 8.59. The Balaban J connectivity index is -0.000000500. The molecule has 6 N–H and O–H groups in total. The molecule has 2 rings (SSSR count). The zero-order valence-corrected chi connectivity index (χ0v) is 19.9. The summed E-state index contributed by atoms with van der Waals surface area (Å²) in [5.41, 5.74) is 0.828. The molecule has 0 bridgehead atoms. The monoisotopic (exact) mass is 594 g/mol. The maximum Gasteiger partial charge on any atom is 2.00 e. The van der Waals surface area contributed by atoms with Gasteiger partial charge in [0.25, 0.3) is 0 Å². The van der Waals surface area contributed by atoms with Crippen LogP contribution in [0, 0.1) is 0 Å². The zero-order chi connectivity index (χ0) is 22.5. The van der Waals surface area contributed by atoms with Crippen LogP contribution in [0.15, 0.2) is 58.5 Å². The van der Waals surface area contributed by atoms with E-state index in [4.69, 9.17) is 20.4 Å². The van der Waals surface area contributed by atoms with Crippen LogP contribution in [0.4, 0.5) is 0 Å². The minimum atomic E-state index is -1.20. The number of phenols is 2. The van der Waals surface area contributed by atoms with Crippen LogP contribution in [0.1, 0.15) is 11.1 Å². The molecule has 0 amide bonds. The quantitative estimate of drug-likeness (QED) is 0.129. The Labute approximate surface area is 215 Å². The average molecular weight is 596 g/mol. The fourth-order valence-corrected chi connectivity index (χ4v) is 1.91. The maximum atomic E-state index is 10.5. The van der Waals surface area contributed by atoms with Crippen molar-refractivity contribution in [2.75, 3.05) is 13.2 Å². The van der Waals surface area contributed by atoms with Gasteiger partial charge in [0, 0.05) is 23.6 Å². The van der Waals surface area contributed by atoms with Gasteiger partial charge in [-0.1, -0.05) is 24.3 Å². The van der Waals surface area contributed by atoms with E-state index in [1.54, 1.807) is 36.4 Å². The molecule has 0 aliphatic rings. The first-order chi connectivity index (χ1) is 14.3. The number of halogens is 2. The summed E-state index contributed by atoms with van der Waals surface area (Å²) in [6.45, 7) is -1.14. The van der Waals surface area contributed by atoms with Gasteiger partial charge in [-0.2, -0.15) is 0 Å². The summed E-state index contributed by atoms with van der Waals surface area (Å²) in [6, 6.07) is 10.4. The van der Waals surface area contributed by atoms with E-state index in [0.29, 0.717) is 11.1 Å². The normalized spacial score (nSPS) is 11.7. The molecule has 0 saturated heterocycles. The Kier molecular flexibility index (Phi) is 20.2. The Morgan fingerprint density at radius 1 is 0.727 bits per heavy atom. The number of aliphatic imine (C=N–C) groups is 2. The van der Waals surface area contributed by atoms with Crippen molar-refractivity contribution in [2.24, 2.45) is 9.98 Å². The van der Waals surface area contributed by atoms with E-state index in [0.717, 1.165) is 0 Å². The first-order valence-electron chi connectivity index (χ1n) is 8.59. The van der Waals surface area contributed by atoms with E-state index in [1.807, 2.05) is 0 Å². The number of hydrogen-bond acceptors (Lipinski definition) is 8. The molecule has 0 aromatic heterocycles. The second-order valence-corrected chi connectivity index (χ2v) is 5.75. The van der Waals surface area contributed by atoms with E-state index in [9.17, 15) is 19.8 Å². The van der Waals surface area contributed by atoms with E-state index in [-0.39, 0.29) is 56.7 Å². The van der Waals surface area contributed by atoms with Crippen LogP contribution in [0.5, 0.6) is 11.5 Å². The molecular formula is C20H22Cl2N2O8Pd. The molecule has 13 heteroatoms. The second-order valence-electron chi connectivity index (χ2n) is 5.75. The number of phenolic OH excluding ortho intramolecular Hbond substituents is 2. The smallest absolute Gasteiger partial charge is 1.00 e. The van der Waals surface area contributed by atoms with Crippen LogP contribution in [-0.4, -0.2) is 80.3 Å². The van der Waals surface area contributed by atoms with E-state index >= 15 is 0 Å². The van der Waals surface area contributed by atoms with Gasteiger partial charge < -0.3 is 55.5 Å². The molecule has 2 aromatic rings. The molecule has 0 aliphatic carbocycles. The van der Waals surface area contributed by atoms with Gasteiger partial charge in [0.15, 0.2) is 12.1 Å². The number of aliphatic carboxylic acids is 2. The average Bonchev–Trinajstić information content (AvgIpc) is 2.71. The number of aromatic hydroxyl groups is 2. The molecule has 0 fully saturated rings. The predicted octanol–water partition coefficient (Wildman–Crippen LogP) is -5.48.